The fourth-order valence-electron chi connectivity index (χ4n) is 2.15. The molecule has 0 spiro atoms. The molecule has 0 aromatic carbocycles. The molecule has 3 nitrogen and oxygen atoms in total. The van der Waals surface area contributed by atoms with Crippen LogP contribution in [0.15, 0.2) is 0 Å². The molecule has 0 atom stereocenters. The van der Waals surface area contributed by atoms with E-state index in [4.69, 9.17) is 0 Å². The summed E-state index contributed by atoms with van der Waals surface area (Å²) in [5.41, 5.74) is 1.18. The zero-order chi connectivity index (χ0) is 11.5. The molecule has 1 N–H and O–H groups in total. The highest BCUT2D eigenvalue weighted by Crippen LogP contribution is 2.25. The summed E-state index contributed by atoms with van der Waals surface area (Å²) in [6, 6.07) is 0. The first-order chi connectivity index (χ1) is 7.66. The van der Waals surface area contributed by atoms with Crippen LogP contribution in [0.4, 0.5) is 5.13 Å². The molecule has 0 radical (unpaired) electrons. The molecular weight excluding hydrogens is 218 g/mol. The molecule has 0 bridgehead atoms. The van der Waals surface area contributed by atoms with Crippen molar-refractivity contribution in [1.29, 1.82) is 0 Å². The van der Waals surface area contributed by atoms with Crippen molar-refractivity contribution < 1.29 is 0 Å². The highest BCUT2D eigenvalue weighted by molar-refractivity contribution is 7.15. The summed E-state index contributed by atoms with van der Waals surface area (Å²) in [4.78, 5) is 8.26. The van der Waals surface area contributed by atoms with E-state index in [-0.39, 0.29) is 0 Å². The highest BCUT2D eigenvalue weighted by Gasteiger charge is 2.17. The molecule has 1 aliphatic heterocycles. The summed E-state index contributed by atoms with van der Waals surface area (Å²) in [5.74, 6) is 0.829. The van der Waals surface area contributed by atoms with Crippen molar-refractivity contribution >= 4 is 16.5 Å². The van der Waals surface area contributed by atoms with Crippen LogP contribution in [0.25, 0.3) is 0 Å². The average molecular weight is 239 g/mol. The van der Waals surface area contributed by atoms with E-state index >= 15 is 0 Å². The van der Waals surface area contributed by atoms with Crippen molar-refractivity contribution in [1.82, 2.24) is 10.3 Å². The van der Waals surface area contributed by atoms with Gasteiger partial charge in [-0.3, -0.25) is 0 Å². The van der Waals surface area contributed by atoms with Crippen molar-refractivity contribution in [3.05, 3.63) is 10.6 Å². The van der Waals surface area contributed by atoms with Crippen LogP contribution in [0.5, 0.6) is 0 Å². The Kier molecular flexibility index (Phi) is 3.82. The monoisotopic (exact) mass is 239 g/mol. The maximum atomic E-state index is 4.60. The fourth-order valence-corrected chi connectivity index (χ4v) is 3.03. The number of piperidine rings is 1. The minimum atomic E-state index is 0.829. The zero-order valence-corrected chi connectivity index (χ0v) is 11.2. The molecule has 2 rings (SSSR count). The quantitative estimate of drug-likeness (QED) is 0.876. The maximum Gasteiger partial charge on any atom is 0.185 e. The Morgan fingerprint density at radius 2 is 2.06 bits per heavy atom. The van der Waals surface area contributed by atoms with Crippen molar-refractivity contribution in [2.45, 2.75) is 26.7 Å². The largest absolute Gasteiger partial charge is 0.351 e. The predicted octanol–water partition coefficient (Wildman–Crippen LogP) is 2.20. The smallest absolute Gasteiger partial charge is 0.185 e. The third kappa shape index (κ3) is 2.74. The number of thiazole rings is 1. The van der Waals surface area contributed by atoms with E-state index in [1.165, 1.54) is 41.6 Å². The lowest BCUT2D eigenvalue weighted by atomic mass is 9.98. The van der Waals surface area contributed by atoms with Crippen LogP contribution >= 0.6 is 11.3 Å². The molecule has 16 heavy (non-hydrogen) atoms. The van der Waals surface area contributed by atoms with Crippen LogP contribution in [0, 0.1) is 19.8 Å². The van der Waals surface area contributed by atoms with Gasteiger partial charge in [0.2, 0.25) is 0 Å². The van der Waals surface area contributed by atoms with E-state index < -0.39 is 0 Å². The third-order valence-electron chi connectivity index (χ3n) is 3.33. The maximum absolute atomic E-state index is 4.60. The molecule has 1 aromatic heterocycles. The SMILES string of the molecule is Cc1nc(N(C)CC2CCNCC2)sc1C. The number of rotatable bonds is 3. The van der Waals surface area contributed by atoms with Gasteiger partial charge < -0.3 is 10.2 Å². The van der Waals surface area contributed by atoms with E-state index in [0.29, 0.717) is 0 Å². The third-order valence-corrected chi connectivity index (χ3v) is 4.52. The van der Waals surface area contributed by atoms with E-state index in [2.05, 4.69) is 36.1 Å². The van der Waals surface area contributed by atoms with Gasteiger partial charge in [-0.15, -0.1) is 11.3 Å². The van der Waals surface area contributed by atoms with Crippen LogP contribution < -0.4 is 10.2 Å². The molecule has 1 aliphatic rings. The van der Waals surface area contributed by atoms with Crippen LogP contribution in [-0.2, 0) is 0 Å². The first kappa shape index (κ1) is 11.9. The molecule has 90 valence electrons. The van der Waals surface area contributed by atoms with Crippen LogP contribution in [-0.4, -0.2) is 31.7 Å². The topological polar surface area (TPSA) is 28.2 Å². The molecule has 2 heterocycles. The highest BCUT2D eigenvalue weighted by atomic mass is 32.1. The second-order valence-corrected chi connectivity index (χ2v) is 5.89. The van der Waals surface area contributed by atoms with E-state index in [1.807, 2.05) is 11.3 Å². The number of anilines is 1. The number of aryl methyl sites for hydroxylation is 2. The Hall–Kier alpha value is -0.610. The van der Waals surface area contributed by atoms with E-state index in [0.717, 1.165) is 12.5 Å². The Balaban J connectivity index is 1.93. The Bertz CT molecular complexity index is 323. The van der Waals surface area contributed by atoms with Gasteiger partial charge >= 0.3 is 0 Å². The molecule has 0 unspecified atom stereocenters. The van der Waals surface area contributed by atoms with Gasteiger partial charge in [0, 0.05) is 18.5 Å². The van der Waals surface area contributed by atoms with Crippen LogP contribution in [0.3, 0.4) is 0 Å². The minimum Gasteiger partial charge on any atom is -0.351 e. The molecule has 1 saturated heterocycles. The lowest BCUT2D eigenvalue weighted by Gasteiger charge is -2.27. The second-order valence-electron chi connectivity index (χ2n) is 4.71. The van der Waals surface area contributed by atoms with Crippen LogP contribution in [0.1, 0.15) is 23.4 Å². The number of hydrogen-bond acceptors (Lipinski definition) is 4. The number of hydrogen-bond donors (Lipinski definition) is 1. The van der Waals surface area contributed by atoms with Gasteiger partial charge in [-0.25, -0.2) is 4.98 Å². The number of nitrogens with one attached hydrogen (secondary N) is 1. The Labute approximate surface area is 102 Å². The van der Waals surface area contributed by atoms with Gasteiger partial charge in [-0.1, -0.05) is 0 Å². The van der Waals surface area contributed by atoms with Gasteiger partial charge in [0.15, 0.2) is 5.13 Å². The van der Waals surface area contributed by atoms with Gasteiger partial charge in [0.1, 0.15) is 0 Å². The molecule has 1 aromatic rings. The molecule has 0 aliphatic carbocycles. The number of aromatic nitrogens is 1. The van der Waals surface area contributed by atoms with Crippen LogP contribution in [0.2, 0.25) is 0 Å². The summed E-state index contributed by atoms with van der Waals surface area (Å²) >= 11 is 1.81. The average Bonchev–Trinajstić information content (AvgIpc) is 2.61. The lowest BCUT2D eigenvalue weighted by Crippen LogP contribution is -2.34. The number of nitrogens with zero attached hydrogens (tertiary/aromatic N) is 2. The van der Waals surface area contributed by atoms with Crippen molar-refractivity contribution in [3.8, 4) is 0 Å². The molecular formula is C12H21N3S. The zero-order valence-electron chi connectivity index (χ0n) is 10.4. The summed E-state index contributed by atoms with van der Waals surface area (Å²) in [5, 5.41) is 4.58. The van der Waals surface area contributed by atoms with E-state index in [9.17, 15) is 0 Å². The van der Waals surface area contributed by atoms with Gasteiger partial charge in [-0.05, 0) is 45.7 Å². The Morgan fingerprint density at radius 1 is 1.38 bits per heavy atom. The molecule has 1 fully saturated rings. The summed E-state index contributed by atoms with van der Waals surface area (Å²) in [6.45, 7) is 7.74. The van der Waals surface area contributed by atoms with Gasteiger partial charge in [0.05, 0.1) is 5.69 Å². The molecule has 0 amide bonds. The lowest BCUT2D eigenvalue weighted by molar-refractivity contribution is 0.378. The first-order valence-corrected chi connectivity index (χ1v) is 6.84. The minimum absolute atomic E-state index is 0.829. The second kappa shape index (κ2) is 5.15. The first-order valence-electron chi connectivity index (χ1n) is 6.02. The van der Waals surface area contributed by atoms with E-state index in [1.54, 1.807) is 0 Å². The standard InChI is InChI=1S/C12H21N3S/c1-9-10(2)16-12(14-9)15(3)8-11-4-6-13-7-5-11/h11,13H,4-8H2,1-3H3. The van der Waals surface area contributed by atoms with Crippen molar-refractivity contribution in [2.75, 3.05) is 31.6 Å². The summed E-state index contributed by atoms with van der Waals surface area (Å²) in [6.07, 6.45) is 2.60. The normalized spacial score (nSPS) is 17.7. The van der Waals surface area contributed by atoms with Gasteiger partial charge in [-0.2, -0.15) is 0 Å². The molecule has 4 heteroatoms. The Morgan fingerprint density at radius 3 is 2.62 bits per heavy atom. The van der Waals surface area contributed by atoms with Gasteiger partial charge in [0.25, 0.3) is 0 Å². The summed E-state index contributed by atoms with van der Waals surface area (Å²) in [7, 11) is 2.17. The predicted molar refractivity (Wildman–Crippen MR) is 70.5 cm³/mol. The van der Waals surface area contributed by atoms with Crippen molar-refractivity contribution in [3.63, 3.8) is 0 Å². The molecule has 0 saturated carbocycles. The van der Waals surface area contributed by atoms with Crippen molar-refractivity contribution in [2.24, 2.45) is 5.92 Å². The summed E-state index contributed by atoms with van der Waals surface area (Å²) < 4.78 is 0. The fraction of sp³-hybridized carbons (Fsp3) is 0.750.